The molecule has 8 heteroatoms. The highest BCUT2D eigenvalue weighted by molar-refractivity contribution is 5.76. The van der Waals surface area contributed by atoms with Crippen LogP contribution in [0.25, 0.3) is 0 Å². The number of rotatable bonds is 7. The molecule has 1 aromatic heterocycles. The van der Waals surface area contributed by atoms with E-state index in [2.05, 4.69) is 26.1 Å². The quantitative estimate of drug-likeness (QED) is 0.550. The molecule has 0 bridgehead atoms. The lowest BCUT2D eigenvalue weighted by Gasteiger charge is -2.34. The van der Waals surface area contributed by atoms with Gasteiger partial charge in [-0.3, -0.25) is 9.59 Å². The zero-order chi connectivity index (χ0) is 28.3. The van der Waals surface area contributed by atoms with Crippen LogP contribution in [0.1, 0.15) is 66.4 Å². The Kier molecular flexibility index (Phi) is 11.6. The minimum atomic E-state index is -0.484. The number of nitrogens with one attached hydrogen (secondary N) is 1. The number of carbonyl (C=O) groups excluding carboxylic acids is 2. The summed E-state index contributed by atoms with van der Waals surface area (Å²) in [5.41, 5.74) is 6.75. The van der Waals surface area contributed by atoms with Crippen molar-refractivity contribution in [3.05, 3.63) is 70.6 Å². The highest BCUT2D eigenvalue weighted by Crippen LogP contribution is 2.21. The van der Waals surface area contributed by atoms with Crippen molar-refractivity contribution in [3.8, 4) is 0 Å². The number of aromatic nitrogens is 1. The van der Waals surface area contributed by atoms with Crippen LogP contribution in [0.3, 0.4) is 0 Å². The van der Waals surface area contributed by atoms with Crippen LogP contribution in [-0.2, 0) is 22.7 Å². The van der Waals surface area contributed by atoms with Crippen molar-refractivity contribution in [2.45, 2.75) is 86.0 Å². The van der Waals surface area contributed by atoms with Gasteiger partial charge >= 0.3 is 6.09 Å². The van der Waals surface area contributed by atoms with Gasteiger partial charge < -0.3 is 25.3 Å². The van der Waals surface area contributed by atoms with Crippen LogP contribution in [0.5, 0.6) is 0 Å². The molecule has 1 aliphatic heterocycles. The van der Waals surface area contributed by atoms with Crippen molar-refractivity contribution >= 4 is 12.0 Å². The molecule has 2 amide bonds. The molecular formula is C30H46N4O4. The third kappa shape index (κ3) is 10.7. The maximum Gasteiger partial charge on any atom is 0.407 e. The molecular weight excluding hydrogens is 480 g/mol. The first-order valence-corrected chi connectivity index (χ1v) is 13.4. The molecule has 38 heavy (non-hydrogen) atoms. The molecule has 3 rings (SSSR count). The van der Waals surface area contributed by atoms with E-state index < -0.39 is 6.09 Å². The van der Waals surface area contributed by atoms with E-state index >= 15 is 0 Å². The van der Waals surface area contributed by atoms with E-state index in [1.807, 2.05) is 56.0 Å². The Hall–Kier alpha value is -3.13. The van der Waals surface area contributed by atoms with Gasteiger partial charge in [0, 0.05) is 44.4 Å². The van der Waals surface area contributed by atoms with Gasteiger partial charge in [-0.15, -0.1) is 0 Å². The monoisotopic (exact) mass is 526 g/mol. The lowest BCUT2D eigenvalue weighted by Crippen LogP contribution is -2.48. The Balaban J connectivity index is 0.000000308. The summed E-state index contributed by atoms with van der Waals surface area (Å²) < 4.78 is 6.87. The molecule has 0 radical (unpaired) electrons. The molecule has 8 nitrogen and oxygen atoms in total. The fraction of sp³-hybridized carbons (Fsp3) is 0.567. The van der Waals surface area contributed by atoms with E-state index in [-0.39, 0.29) is 41.0 Å². The second kappa shape index (κ2) is 14.1. The van der Waals surface area contributed by atoms with Crippen molar-refractivity contribution in [2.75, 3.05) is 13.1 Å². The number of nitrogens with two attached hydrogens (primary N) is 1. The number of pyridine rings is 1. The summed E-state index contributed by atoms with van der Waals surface area (Å²) in [6.07, 6.45) is 4.11. The molecule has 0 aliphatic carbocycles. The van der Waals surface area contributed by atoms with Gasteiger partial charge in [0.15, 0.2) is 0 Å². The van der Waals surface area contributed by atoms with Crippen molar-refractivity contribution in [1.82, 2.24) is 14.8 Å². The summed E-state index contributed by atoms with van der Waals surface area (Å²) in [6.45, 7) is 14.6. The molecule has 1 aliphatic rings. The van der Waals surface area contributed by atoms with Gasteiger partial charge in [0.1, 0.15) is 6.61 Å². The molecule has 1 aromatic carbocycles. The minimum absolute atomic E-state index is 0.0737. The standard InChI is InChI=1S/C19H24N2O3.C11H22N2O/c1-19(2,3)16(13-21-12-8-7-11-17(21)22)20-18(23)24-14-15-9-5-4-6-10-15;1-11(2,3)9(12)8-13-7-5-4-6-10(13)14/h4-12,16H,13-14H2,1-3H3,(H,20,23);9H,4-8,12H2,1-3H3/t16-;9-/m11/s1. The minimum Gasteiger partial charge on any atom is -0.445 e. The lowest BCUT2D eigenvalue weighted by atomic mass is 9.86. The third-order valence-corrected chi connectivity index (χ3v) is 6.78. The van der Waals surface area contributed by atoms with Crippen LogP contribution in [0.15, 0.2) is 59.5 Å². The molecule has 1 fully saturated rings. The molecule has 1 saturated heterocycles. The molecule has 2 heterocycles. The Bertz CT molecular complexity index is 1070. The topological polar surface area (TPSA) is 107 Å². The average molecular weight is 527 g/mol. The fourth-order valence-electron chi connectivity index (χ4n) is 3.82. The van der Waals surface area contributed by atoms with Crippen LogP contribution < -0.4 is 16.6 Å². The zero-order valence-corrected chi connectivity index (χ0v) is 23.9. The summed E-state index contributed by atoms with van der Waals surface area (Å²) in [4.78, 5) is 37.5. The van der Waals surface area contributed by atoms with E-state index in [1.54, 1.807) is 22.9 Å². The SMILES string of the molecule is CC(C)(C)[C@@H](Cn1ccccc1=O)NC(=O)OCc1ccccc1.CC(C)(C)[C@H](N)CN1CCCCC1=O. The highest BCUT2D eigenvalue weighted by atomic mass is 16.5. The number of benzene rings is 1. The highest BCUT2D eigenvalue weighted by Gasteiger charge is 2.28. The number of hydrogen-bond acceptors (Lipinski definition) is 5. The van der Waals surface area contributed by atoms with Gasteiger partial charge in [0.2, 0.25) is 5.91 Å². The van der Waals surface area contributed by atoms with Crippen molar-refractivity contribution in [3.63, 3.8) is 0 Å². The normalized spacial score (nSPS) is 15.7. The number of amides is 2. The summed E-state index contributed by atoms with van der Waals surface area (Å²) in [7, 11) is 0. The van der Waals surface area contributed by atoms with Gasteiger partial charge in [-0.05, 0) is 35.3 Å². The van der Waals surface area contributed by atoms with Crippen LogP contribution >= 0.6 is 0 Å². The number of carbonyl (C=O) groups is 2. The number of piperidine rings is 1. The molecule has 3 N–H and O–H groups in total. The van der Waals surface area contributed by atoms with Crippen LogP contribution in [0.4, 0.5) is 4.79 Å². The number of hydrogen-bond donors (Lipinski definition) is 2. The van der Waals surface area contributed by atoms with Gasteiger partial charge in [0.05, 0.1) is 6.04 Å². The van der Waals surface area contributed by atoms with Crippen molar-refractivity contribution < 1.29 is 14.3 Å². The van der Waals surface area contributed by atoms with Gasteiger partial charge in [-0.2, -0.15) is 0 Å². The average Bonchev–Trinajstić information content (AvgIpc) is 2.85. The van der Waals surface area contributed by atoms with Crippen LogP contribution in [0.2, 0.25) is 0 Å². The predicted molar refractivity (Wildman–Crippen MR) is 152 cm³/mol. The van der Waals surface area contributed by atoms with E-state index in [0.29, 0.717) is 19.5 Å². The largest absolute Gasteiger partial charge is 0.445 e. The van der Waals surface area contributed by atoms with Gasteiger partial charge in [-0.1, -0.05) is 77.9 Å². The maximum atomic E-state index is 12.1. The summed E-state index contributed by atoms with van der Waals surface area (Å²) in [5, 5.41) is 2.88. The Labute approximate surface area is 227 Å². The molecule has 0 unspecified atom stereocenters. The summed E-state index contributed by atoms with van der Waals surface area (Å²) in [5.74, 6) is 0.274. The van der Waals surface area contributed by atoms with E-state index in [1.165, 1.54) is 6.07 Å². The molecule has 210 valence electrons. The van der Waals surface area contributed by atoms with Crippen LogP contribution in [-0.4, -0.2) is 46.6 Å². The second-order valence-corrected chi connectivity index (χ2v) is 12.1. The Morgan fingerprint density at radius 3 is 2.18 bits per heavy atom. The summed E-state index contributed by atoms with van der Waals surface area (Å²) >= 11 is 0. The number of alkyl carbamates (subject to hydrolysis) is 1. The molecule has 2 atom stereocenters. The molecule has 2 aromatic rings. The van der Waals surface area contributed by atoms with Gasteiger partial charge in [-0.25, -0.2) is 4.79 Å². The lowest BCUT2D eigenvalue weighted by molar-refractivity contribution is -0.133. The zero-order valence-electron chi connectivity index (χ0n) is 23.9. The van der Waals surface area contributed by atoms with Crippen LogP contribution in [0, 0.1) is 10.8 Å². The van der Waals surface area contributed by atoms with E-state index in [0.717, 1.165) is 24.9 Å². The van der Waals surface area contributed by atoms with Crippen molar-refractivity contribution in [2.24, 2.45) is 16.6 Å². The summed E-state index contributed by atoms with van der Waals surface area (Å²) in [6, 6.07) is 14.4. The Morgan fingerprint density at radius 1 is 0.947 bits per heavy atom. The van der Waals surface area contributed by atoms with E-state index in [9.17, 15) is 14.4 Å². The smallest absolute Gasteiger partial charge is 0.407 e. The third-order valence-electron chi connectivity index (χ3n) is 6.78. The second-order valence-electron chi connectivity index (χ2n) is 12.1. The number of ether oxygens (including phenoxy) is 1. The fourth-order valence-corrected chi connectivity index (χ4v) is 3.82. The maximum absolute atomic E-state index is 12.1. The van der Waals surface area contributed by atoms with E-state index in [4.69, 9.17) is 10.5 Å². The van der Waals surface area contributed by atoms with Crippen molar-refractivity contribution in [1.29, 1.82) is 0 Å². The first-order chi connectivity index (χ1) is 17.8. The number of nitrogens with zero attached hydrogens (tertiary/aromatic N) is 2. The molecule has 0 saturated carbocycles. The first kappa shape index (κ1) is 31.1. The Morgan fingerprint density at radius 2 is 1.61 bits per heavy atom. The number of likely N-dealkylation sites (tertiary alicyclic amines) is 1. The first-order valence-electron chi connectivity index (χ1n) is 13.4. The molecule has 0 spiro atoms. The van der Waals surface area contributed by atoms with Gasteiger partial charge in [0.25, 0.3) is 5.56 Å². The predicted octanol–water partition coefficient (Wildman–Crippen LogP) is 4.56.